The second kappa shape index (κ2) is 8.48. The van der Waals surface area contributed by atoms with E-state index in [1.807, 2.05) is 23.6 Å². The van der Waals surface area contributed by atoms with Crippen LogP contribution in [0.4, 0.5) is 8.78 Å². The molecule has 3 rings (SSSR count). The van der Waals surface area contributed by atoms with Crippen molar-refractivity contribution in [1.29, 1.82) is 0 Å². The molecule has 0 aliphatic heterocycles. The Morgan fingerprint density at radius 3 is 2.65 bits per heavy atom. The van der Waals surface area contributed by atoms with Gasteiger partial charge in [-0.2, -0.15) is 8.78 Å². The lowest BCUT2D eigenvalue weighted by Crippen LogP contribution is -2.25. The Balaban J connectivity index is 1.50. The molecule has 1 amide bonds. The smallest absolute Gasteiger partial charge is 0.387 e. The van der Waals surface area contributed by atoms with Crippen LogP contribution in [-0.4, -0.2) is 29.0 Å². The number of alkyl halides is 2. The van der Waals surface area contributed by atoms with Crippen LogP contribution < -0.4 is 10.1 Å². The average molecular weight is 375 g/mol. The third-order valence-electron chi connectivity index (χ3n) is 3.45. The summed E-state index contributed by atoms with van der Waals surface area (Å²) in [5.74, 6) is -0.267. The van der Waals surface area contributed by atoms with Gasteiger partial charge >= 0.3 is 6.61 Å². The molecule has 0 bridgehead atoms. The Hall–Kier alpha value is -2.87. The summed E-state index contributed by atoms with van der Waals surface area (Å²) in [6.45, 7) is -2.47. The van der Waals surface area contributed by atoms with E-state index in [0.29, 0.717) is 18.5 Å². The van der Waals surface area contributed by atoms with Crippen LogP contribution in [0, 0.1) is 0 Å². The highest BCUT2D eigenvalue weighted by molar-refractivity contribution is 7.09. The summed E-state index contributed by atoms with van der Waals surface area (Å²) in [6.07, 6.45) is 2.31. The number of aromatic nitrogens is 2. The highest BCUT2D eigenvalue weighted by Crippen LogP contribution is 2.20. The number of nitrogens with one attached hydrogen (secondary N) is 1. The largest absolute Gasteiger partial charge is 0.435 e. The highest BCUT2D eigenvalue weighted by Gasteiger charge is 2.09. The number of carbonyl (C=O) groups is 1. The second-order valence-electron chi connectivity index (χ2n) is 5.25. The minimum absolute atomic E-state index is 0.0152. The molecule has 134 valence electrons. The van der Waals surface area contributed by atoms with Crippen LogP contribution in [0.25, 0.3) is 11.4 Å². The first-order valence-corrected chi connectivity index (χ1v) is 8.68. The molecule has 2 aromatic heterocycles. The fraction of sp³-hybridized carbons (Fsp3) is 0.167. The first-order valence-electron chi connectivity index (χ1n) is 7.81. The summed E-state index contributed by atoms with van der Waals surface area (Å²) in [5.41, 5.74) is 2.00. The second-order valence-corrected chi connectivity index (χ2v) is 6.19. The van der Waals surface area contributed by atoms with Gasteiger partial charge in [-0.15, -0.1) is 11.3 Å². The van der Waals surface area contributed by atoms with Crippen molar-refractivity contribution in [3.05, 3.63) is 64.6 Å². The number of carbonyl (C=O) groups excluding carboxylic acids is 1. The molecule has 26 heavy (non-hydrogen) atoms. The number of nitrogens with zero attached hydrogens (tertiary/aromatic N) is 2. The molecule has 0 saturated heterocycles. The van der Waals surface area contributed by atoms with Gasteiger partial charge < -0.3 is 10.1 Å². The van der Waals surface area contributed by atoms with Crippen LogP contribution in [0.2, 0.25) is 0 Å². The number of thiazole rings is 1. The number of benzene rings is 1. The van der Waals surface area contributed by atoms with Crippen molar-refractivity contribution in [2.24, 2.45) is 0 Å². The number of ether oxygens (including phenoxy) is 1. The average Bonchev–Trinajstić information content (AvgIpc) is 3.11. The van der Waals surface area contributed by atoms with E-state index in [0.717, 1.165) is 16.4 Å². The first kappa shape index (κ1) is 17.9. The molecule has 0 atom stereocenters. The summed E-state index contributed by atoms with van der Waals surface area (Å²) in [7, 11) is 0. The number of amides is 1. The van der Waals surface area contributed by atoms with Crippen LogP contribution in [-0.2, 0) is 6.42 Å². The third-order valence-corrected chi connectivity index (χ3v) is 4.35. The molecular formula is C18H15F2N3O2S. The van der Waals surface area contributed by atoms with Gasteiger partial charge in [-0.1, -0.05) is 6.07 Å². The van der Waals surface area contributed by atoms with E-state index in [2.05, 4.69) is 20.0 Å². The topological polar surface area (TPSA) is 64.1 Å². The molecule has 1 N–H and O–H groups in total. The maximum atomic E-state index is 12.1. The van der Waals surface area contributed by atoms with Gasteiger partial charge in [0.25, 0.3) is 5.91 Å². The van der Waals surface area contributed by atoms with Crippen molar-refractivity contribution in [3.8, 4) is 17.1 Å². The maximum absolute atomic E-state index is 12.1. The van der Waals surface area contributed by atoms with Crippen molar-refractivity contribution in [3.63, 3.8) is 0 Å². The van der Waals surface area contributed by atoms with Crippen molar-refractivity contribution in [2.45, 2.75) is 13.0 Å². The van der Waals surface area contributed by atoms with Crippen LogP contribution in [0.5, 0.6) is 5.75 Å². The summed E-state index contributed by atoms with van der Waals surface area (Å²) in [6, 6.07) is 11.2. The summed E-state index contributed by atoms with van der Waals surface area (Å²) in [4.78, 5) is 20.8. The minimum atomic E-state index is -2.89. The molecular weight excluding hydrogens is 360 g/mol. The third kappa shape index (κ3) is 4.82. The zero-order chi connectivity index (χ0) is 18.4. The molecule has 0 spiro atoms. The molecule has 2 heterocycles. The molecule has 0 aliphatic carbocycles. The molecule has 0 aliphatic rings. The normalized spacial score (nSPS) is 10.7. The Kier molecular flexibility index (Phi) is 5.85. The van der Waals surface area contributed by atoms with E-state index >= 15 is 0 Å². The lowest BCUT2D eigenvalue weighted by Gasteiger charge is -2.06. The number of hydrogen-bond acceptors (Lipinski definition) is 5. The number of hydrogen-bond donors (Lipinski definition) is 1. The Morgan fingerprint density at radius 1 is 1.15 bits per heavy atom. The maximum Gasteiger partial charge on any atom is 0.387 e. The predicted octanol–water partition coefficient (Wildman–Crippen LogP) is 3.78. The van der Waals surface area contributed by atoms with E-state index in [1.54, 1.807) is 6.20 Å². The SMILES string of the molecule is O=C(NCCc1nc(-c2ccccn2)cs1)c1ccc(OC(F)F)cc1. The van der Waals surface area contributed by atoms with Crippen molar-refractivity contribution < 1.29 is 18.3 Å². The van der Waals surface area contributed by atoms with Crippen LogP contribution in [0.3, 0.4) is 0 Å². The lowest BCUT2D eigenvalue weighted by atomic mass is 10.2. The molecule has 5 nitrogen and oxygen atoms in total. The van der Waals surface area contributed by atoms with E-state index in [-0.39, 0.29) is 11.7 Å². The molecule has 3 aromatic rings. The van der Waals surface area contributed by atoms with E-state index < -0.39 is 6.61 Å². The molecule has 1 aromatic carbocycles. The van der Waals surface area contributed by atoms with Gasteiger partial charge in [-0.05, 0) is 36.4 Å². The molecule has 0 fully saturated rings. The Bertz CT molecular complexity index is 854. The van der Waals surface area contributed by atoms with Gasteiger partial charge in [-0.3, -0.25) is 9.78 Å². The van der Waals surface area contributed by atoms with Crippen LogP contribution >= 0.6 is 11.3 Å². The molecule has 0 radical (unpaired) electrons. The van der Waals surface area contributed by atoms with Gasteiger partial charge in [0.2, 0.25) is 0 Å². The fourth-order valence-electron chi connectivity index (χ4n) is 2.23. The number of rotatable bonds is 7. The van der Waals surface area contributed by atoms with E-state index in [9.17, 15) is 13.6 Å². The highest BCUT2D eigenvalue weighted by atomic mass is 32.1. The summed E-state index contributed by atoms with van der Waals surface area (Å²) < 4.78 is 28.5. The van der Waals surface area contributed by atoms with E-state index in [4.69, 9.17) is 0 Å². The van der Waals surface area contributed by atoms with Crippen LogP contribution in [0.1, 0.15) is 15.4 Å². The Morgan fingerprint density at radius 2 is 1.96 bits per heavy atom. The first-order chi connectivity index (χ1) is 12.6. The fourth-order valence-corrected chi connectivity index (χ4v) is 3.02. The van der Waals surface area contributed by atoms with Crippen LogP contribution in [0.15, 0.2) is 54.0 Å². The summed E-state index contributed by atoms with van der Waals surface area (Å²) >= 11 is 1.51. The van der Waals surface area contributed by atoms with E-state index in [1.165, 1.54) is 35.6 Å². The van der Waals surface area contributed by atoms with Crippen molar-refractivity contribution in [1.82, 2.24) is 15.3 Å². The zero-order valence-corrected chi connectivity index (χ0v) is 14.4. The minimum Gasteiger partial charge on any atom is -0.435 e. The Labute approximate surface area is 152 Å². The van der Waals surface area contributed by atoms with Gasteiger partial charge in [-0.25, -0.2) is 4.98 Å². The molecule has 8 heteroatoms. The number of halogens is 2. The predicted molar refractivity (Wildman–Crippen MR) is 94.5 cm³/mol. The lowest BCUT2D eigenvalue weighted by molar-refractivity contribution is -0.0498. The zero-order valence-electron chi connectivity index (χ0n) is 13.6. The van der Waals surface area contributed by atoms with Gasteiger partial charge in [0.15, 0.2) is 0 Å². The quantitative estimate of drug-likeness (QED) is 0.683. The van der Waals surface area contributed by atoms with Crippen molar-refractivity contribution >= 4 is 17.2 Å². The van der Waals surface area contributed by atoms with Gasteiger partial charge in [0.05, 0.1) is 16.4 Å². The monoisotopic (exact) mass is 375 g/mol. The number of pyridine rings is 1. The van der Waals surface area contributed by atoms with Gasteiger partial charge in [0.1, 0.15) is 5.75 Å². The van der Waals surface area contributed by atoms with Crippen molar-refractivity contribution in [2.75, 3.05) is 6.54 Å². The molecule has 0 saturated carbocycles. The van der Waals surface area contributed by atoms with Gasteiger partial charge in [0, 0.05) is 30.1 Å². The summed E-state index contributed by atoms with van der Waals surface area (Å²) in [5, 5.41) is 5.61. The standard InChI is InChI=1S/C18H15F2N3O2S/c19-18(20)25-13-6-4-12(5-7-13)17(24)22-10-8-16-23-15(11-26-16)14-3-1-2-9-21-14/h1-7,9,11,18H,8,10H2,(H,22,24). The molecule has 0 unspecified atom stereocenters.